The Morgan fingerprint density at radius 1 is 0.933 bits per heavy atom. The molecule has 0 aromatic carbocycles. The molecule has 0 aliphatic heterocycles. The van der Waals surface area contributed by atoms with Crippen LogP contribution in [-0.2, 0) is 0 Å². The van der Waals surface area contributed by atoms with Crippen molar-refractivity contribution < 1.29 is 42.9 Å². The van der Waals surface area contributed by atoms with E-state index in [4.69, 9.17) is 0 Å². The molecule has 0 bridgehead atoms. The summed E-state index contributed by atoms with van der Waals surface area (Å²) in [5.41, 5.74) is 0. The lowest BCUT2D eigenvalue weighted by atomic mass is 10.2. The SMILES string of the molecule is CC(C=CC[N+](C)(C)C)[N+](C)(C)C.[Br-].[Br-]. The summed E-state index contributed by atoms with van der Waals surface area (Å²) in [5, 5.41) is 0. The largest absolute Gasteiger partial charge is 1.00 e. The van der Waals surface area contributed by atoms with Crippen molar-refractivity contribution in [2.45, 2.75) is 13.0 Å². The predicted octanol–water partition coefficient (Wildman–Crippen LogP) is -4.65. The Bertz CT molecular complexity index is 178. The van der Waals surface area contributed by atoms with E-state index in [2.05, 4.69) is 61.4 Å². The first-order chi connectivity index (χ1) is 5.63. The van der Waals surface area contributed by atoms with Gasteiger partial charge in [0.2, 0.25) is 0 Å². The molecule has 0 amide bonds. The number of rotatable bonds is 4. The minimum absolute atomic E-state index is 0. The molecule has 4 heteroatoms. The van der Waals surface area contributed by atoms with Crippen molar-refractivity contribution in [3.05, 3.63) is 12.2 Å². The van der Waals surface area contributed by atoms with Gasteiger partial charge < -0.3 is 42.9 Å². The second-order valence-electron chi connectivity index (χ2n) is 5.76. The van der Waals surface area contributed by atoms with Crippen LogP contribution in [0, 0.1) is 0 Å². The van der Waals surface area contributed by atoms with Crippen LogP contribution in [0.2, 0.25) is 0 Å². The molecule has 0 fully saturated rings. The lowest BCUT2D eigenvalue weighted by Gasteiger charge is -2.29. The van der Waals surface area contributed by atoms with E-state index in [1.165, 1.54) is 0 Å². The minimum atomic E-state index is 0. The molecule has 0 saturated heterocycles. The van der Waals surface area contributed by atoms with Gasteiger partial charge in [0.15, 0.2) is 0 Å². The number of likely N-dealkylation sites (N-methyl/N-ethyl adjacent to an activating group) is 2. The zero-order valence-corrected chi connectivity index (χ0v) is 14.3. The number of hydrogen-bond acceptors (Lipinski definition) is 0. The standard InChI is InChI=1S/C11H26N2.2BrH/c1-11(13(5,6)7)9-8-10-12(2,3)4;;/h8-9,11H,10H2,1-7H3;2*1H/q+2;;/p-2. The van der Waals surface area contributed by atoms with Crippen LogP contribution in [0.1, 0.15) is 6.92 Å². The molecule has 0 heterocycles. The molecule has 0 aliphatic carbocycles. The van der Waals surface area contributed by atoms with E-state index >= 15 is 0 Å². The quantitative estimate of drug-likeness (QED) is 0.355. The molecule has 0 radical (unpaired) electrons. The average Bonchev–Trinajstić information content (AvgIpc) is 1.82. The normalized spacial score (nSPS) is 14.3. The van der Waals surface area contributed by atoms with Gasteiger partial charge in [0.1, 0.15) is 6.04 Å². The van der Waals surface area contributed by atoms with E-state index in [1.54, 1.807) is 0 Å². The predicted molar refractivity (Wildman–Crippen MR) is 59.5 cm³/mol. The Balaban J connectivity index is -0.000000720. The summed E-state index contributed by atoms with van der Waals surface area (Å²) >= 11 is 0. The van der Waals surface area contributed by atoms with E-state index in [1.807, 2.05) is 0 Å². The lowest BCUT2D eigenvalue weighted by Crippen LogP contribution is -3.00. The maximum atomic E-state index is 2.31. The van der Waals surface area contributed by atoms with Crippen LogP contribution in [0.15, 0.2) is 12.2 Å². The zero-order valence-electron chi connectivity index (χ0n) is 11.1. The molecule has 1 unspecified atom stereocenters. The first kappa shape index (κ1) is 21.0. The van der Waals surface area contributed by atoms with Gasteiger partial charge in [0.25, 0.3) is 0 Å². The van der Waals surface area contributed by atoms with Gasteiger partial charge in [-0.2, -0.15) is 0 Å². The number of nitrogens with zero attached hydrogens (tertiary/aromatic N) is 2. The third-order valence-corrected chi connectivity index (χ3v) is 2.29. The highest BCUT2D eigenvalue weighted by Gasteiger charge is 2.14. The maximum Gasteiger partial charge on any atom is 0.104 e. The summed E-state index contributed by atoms with van der Waals surface area (Å²) in [6, 6.07) is 0.589. The van der Waals surface area contributed by atoms with E-state index in [-0.39, 0.29) is 34.0 Å². The van der Waals surface area contributed by atoms with Gasteiger partial charge in [0, 0.05) is 0 Å². The van der Waals surface area contributed by atoms with Crippen LogP contribution >= 0.6 is 0 Å². The molecule has 0 saturated carbocycles. The van der Waals surface area contributed by atoms with E-state index in [0.29, 0.717) is 6.04 Å². The second-order valence-corrected chi connectivity index (χ2v) is 5.76. The van der Waals surface area contributed by atoms with Gasteiger partial charge in [-0.3, -0.25) is 0 Å². The number of halogens is 2. The summed E-state index contributed by atoms with van der Waals surface area (Å²) in [7, 11) is 13.3. The van der Waals surface area contributed by atoms with Gasteiger partial charge in [-0.1, -0.05) is 0 Å². The fourth-order valence-corrected chi connectivity index (χ4v) is 0.832. The first-order valence-corrected chi connectivity index (χ1v) is 4.91. The molecule has 0 aliphatic rings. The molecule has 94 valence electrons. The third-order valence-electron chi connectivity index (χ3n) is 2.29. The Kier molecular flexibility index (Phi) is 10.9. The number of hydrogen-bond donors (Lipinski definition) is 0. The van der Waals surface area contributed by atoms with Crippen molar-refractivity contribution in [1.29, 1.82) is 0 Å². The smallest absolute Gasteiger partial charge is 0.104 e. The van der Waals surface area contributed by atoms with Crippen LogP contribution in [0.5, 0.6) is 0 Å². The van der Waals surface area contributed by atoms with E-state index < -0.39 is 0 Å². The van der Waals surface area contributed by atoms with Gasteiger partial charge in [0.05, 0.1) is 48.8 Å². The van der Waals surface area contributed by atoms with Gasteiger partial charge >= 0.3 is 0 Å². The van der Waals surface area contributed by atoms with Crippen LogP contribution in [0.4, 0.5) is 0 Å². The lowest BCUT2D eigenvalue weighted by molar-refractivity contribution is -0.887. The molecule has 0 spiro atoms. The maximum absolute atomic E-state index is 2.31. The Morgan fingerprint density at radius 2 is 1.33 bits per heavy atom. The summed E-state index contributed by atoms with van der Waals surface area (Å²) in [4.78, 5) is 0. The van der Waals surface area contributed by atoms with E-state index in [9.17, 15) is 0 Å². The Labute approximate surface area is 117 Å². The van der Waals surface area contributed by atoms with Gasteiger partial charge in [-0.15, -0.1) is 0 Å². The van der Waals surface area contributed by atoms with Crippen LogP contribution in [0.25, 0.3) is 0 Å². The summed E-state index contributed by atoms with van der Waals surface area (Å²) in [6.07, 6.45) is 4.59. The highest BCUT2D eigenvalue weighted by molar-refractivity contribution is 4.87. The van der Waals surface area contributed by atoms with Gasteiger partial charge in [-0.05, 0) is 19.1 Å². The number of quaternary nitrogens is 2. The molecule has 15 heavy (non-hydrogen) atoms. The highest BCUT2D eigenvalue weighted by Crippen LogP contribution is 2.03. The van der Waals surface area contributed by atoms with Crippen molar-refractivity contribution in [1.82, 2.24) is 0 Å². The van der Waals surface area contributed by atoms with Crippen LogP contribution in [0.3, 0.4) is 0 Å². The monoisotopic (exact) mass is 344 g/mol. The fraction of sp³-hybridized carbons (Fsp3) is 0.818. The molecule has 0 N–H and O–H groups in total. The first-order valence-electron chi connectivity index (χ1n) is 4.91. The molecule has 0 aromatic rings. The molecule has 2 nitrogen and oxygen atoms in total. The molecular formula is C11H26Br2N2. The Morgan fingerprint density at radius 3 is 1.60 bits per heavy atom. The van der Waals surface area contributed by atoms with E-state index in [0.717, 1.165) is 15.5 Å². The summed E-state index contributed by atoms with van der Waals surface area (Å²) in [6.45, 7) is 3.36. The molecular weight excluding hydrogens is 320 g/mol. The van der Waals surface area contributed by atoms with Crippen molar-refractivity contribution in [2.75, 3.05) is 48.8 Å². The van der Waals surface area contributed by atoms with Crippen molar-refractivity contribution in [2.24, 2.45) is 0 Å². The fourth-order valence-electron chi connectivity index (χ4n) is 0.832. The van der Waals surface area contributed by atoms with Crippen LogP contribution in [-0.4, -0.2) is 63.8 Å². The topological polar surface area (TPSA) is 0 Å². The summed E-state index contributed by atoms with van der Waals surface area (Å²) < 4.78 is 1.99. The molecule has 0 aromatic heterocycles. The second kappa shape index (κ2) is 7.82. The minimum Gasteiger partial charge on any atom is -1.00 e. The molecule has 0 rings (SSSR count). The average molecular weight is 346 g/mol. The van der Waals surface area contributed by atoms with Crippen molar-refractivity contribution in [3.8, 4) is 0 Å². The Hall–Kier alpha value is 0.620. The van der Waals surface area contributed by atoms with Gasteiger partial charge in [-0.25, -0.2) is 0 Å². The zero-order chi connectivity index (χ0) is 10.7. The molecule has 1 atom stereocenters. The van der Waals surface area contributed by atoms with Crippen molar-refractivity contribution >= 4 is 0 Å². The summed E-state index contributed by atoms with van der Waals surface area (Å²) in [5.74, 6) is 0. The third kappa shape index (κ3) is 12.6. The van der Waals surface area contributed by atoms with Crippen molar-refractivity contribution in [3.63, 3.8) is 0 Å². The highest BCUT2D eigenvalue weighted by atomic mass is 79.9. The van der Waals surface area contributed by atoms with Crippen LogP contribution < -0.4 is 34.0 Å².